The molecule has 1 saturated heterocycles. The SMILES string of the molecule is CCc1c[nH]c(=O)n1C1CCOC1. The molecule has 0 radical (unpaired) electrons. The second kappa shape index (κ2) is 3.38. The van der Waals surface area contributed by atoms with Crippen LogP contribution < -0.4 is 5.69 Å². The molecule has 1 unspecified atom stereocenters. The van der Waals surface area contributed by atoms with Gasteiger partial charge in [-0.3, -0.25) is 4.57 Å². The number of imidazole rings is 1. The molecule has 13 heavy (non-hydrogen) atoms. The molecule has 0 bridgehead atoms. The van der Waals surface area contributed by atoms with Crippen molar-refractivity contribution in [1.29, 1.82) is 0 Å². The molecule has 0 spiro atoms. The van der Waals surface area contributed by atoms with E-state index in [1.165, 1.54) is 0 Å². The van der Waals surface area contributed by atoms with Gasteiger partial charge in [0.25, 0.3) is 0 Å². The Balaban J connectivity index is 2.36. The van der Waals surface area contributed by atoms with Crippen LogP contribution in [0.15, 0.2) is 11.0 Å². The molecule has 1 aromatic rings. The van der Waals surface area contributed by atoms with Crippen LogP contribution in [0.4, 0.5) is 0 Å². The highest BCUT2D eigenvalue weighted by atomic mass is 16.5. The second-order valence-corrected chi connectivity index (χ2v) is 3.33. The Morgan fingerprint density at radius 3 is 3.23 bits per heavy atom. The molecule has 72 valence electrons. The molecule has 1 aliphatic rings. The summed E-state index contributed by atoms with van der Waals surface area (Å²) in [7, 11) is 0. The first-order chi connectivity index (χ1) is 6.33. The summed E-state index contributed by atoms with van der Waals surface area (Å²) in [6.07, 6.45) is 3.63. The molecule has 0 aromatic carbocycles. The monoisotopic (exact) mass is 182 g/mol. The molecule has 0 aliphatic carbocycles. The van der Waals surface area contributed by atoms with Crippen LogP contribution in [-0.4, -0.2) is 22.8 Å². The van der Waals surface area contributed by atoms with E-state index in [9.17, 15) is 4.79 Å². The molecule has 1 fully saturated rings. The van der Waals surface area contributed by atoms with Crippen molar-refractivity contribution < 1.29 is 4.74 Å². The number of nitrogens with one attached hydrogen (secondary N) is 1. The van der Waals surface area contributed by atoms with Crippen molar-refractivity contribution in [2.24, 2.45) is 0 Å². The van der Waals surface area contributed by atoms with Gasteiger partial charge < -0.3 is 9.72 Å². The molecule has 0 saturated carbocycles. The number of aryl methyl sites for hydroxylation is 1. The summed E-state index contributed by atoms with van der Waals surface area (Å²) in [6.45, 7) is 3.49. The maximum Gasteiger partial charge on any atom is 0.326 e. The molecular weight excluding hydrogens is 168 g/mol. The van der Waals surface area contributed by atoms with Gasteiger partial charge in [0.1, 0.15) is 0 Å². The quantitative estimate of drug-likeness (QED) is 0.731. The second-order valence-electron chi connectivity index (χ2n) is 3.33. The van der Waals surface area contributed by atoms with Gasteiger partial charge in [-0.1, -0.05) is 6.92 Å². The normalized spacial score (nSPS) is 22.4. The van der Waals surface area contributed by atoms with Crippen LogP contribution in [0.1, 0.15) is 25.1 Å². The van der Waals surface area contributed by atoms with Gasteiger partial charge in [0.15, 0.2) is 0 Å². The first kappa shape index (κ1) is 8.56. The lowest BCUT2D eigenvalue weighted by molar-refractivity contribution is 0.185. The first-order valence-corrected chi connectivity index (χ1v) is 4.69. The van der Waals surface area contributed by atoms with Crippen LogP contribution in [-0.2, 0) is 11.2 Å². The van der Waals surface area contributed by atoms with Gasteiger partial charge in [-0.15, -0.1) is 0 Å². The highest BCUT2D eigenvalue weighted by Gasteiger charge is 2.20. The Kier molecular flexibility index (Phi) is 2.22. The summed E-state index contributed by atoms with van der Waals surface area (Å²) in [5.41, 5.74) is 1.06. The third kappa shape index (κ3) is 1.42. The summed E-state index contributed by atoms with van der Waals surface area (Å²) < 4.78 is 7.09. The van der Waals surface area contributed by atoms with Crippen LogP contribution in [0.2, 0.25) is 0 Å². The minimum Gasteiger partial charge on any atom is -0.379 e. The number of H-pyrrole nitrogens is 1. The number of rotatable bonds is 2. The largest absolute Gasteiger partial charge is 0.379 e. The van der Waals surface area contributed by atoms with Gasteiger partial charge in [0.2, 0.25) is 0 Å². The van der Waals surface area contributed by atoms with E-state index in [1.54, 1.807) is 6.20 Å². The Morgan fingerprint density at radius 1 is 1.77 bits per heavy atom. The predicted octanol–water partition coefficient (Wildman–Crippen LogP) is 0.700. The molecule has 0 amide bonds. The van der Waals surface area contributed by atoms with E-state index in [0.717, 1.165) is 25.1 Å². The maximum absolute atomic E-state index is 11.4. The molecule has 1 atom stereocenters. The van der Waals surface area contributed by atoms with E-state index < -0.39 is 0 Å². The lowest BCUT2D eigenvalue weighted by Crippen LogP contribution is -2.24. The van der Waals surface area contributed by atoms with Gasteiger partial charge in [0, 0.05) is 18.5 Å². The van der Waals surface area contributed by atoms with Crippen molar-refractivity contribution in [3.05, 3.63) is 22.4 Å². The van der Waals surface area contributed by atoms with E-state index in [-0.39, 0.29) is 11.7 Å². The van der Waals surface area contributed by atoms with Crippen LogP contribution in [0.25, 0.3) is 0 Å². The Hall–Kier alpha value is -1.03. The van der Waals surface area contributed by atoms with Crippen molar-refractivity contribution in [2.75, 3.05) is 13.2 Å². The Morgan fingerprint density at radius 2 is 2.62 bits per heavy atom. The molecule has 1 aliphatic heterocycles. The molecule has 2 rings (SSSR count). The number of aromatic nitrogens is 2. The third-order valence-electron chi connectivity index (χ3n) is 2.52. The zero-order valence-electron chi connectivity index (χ0n) is 7.75. The lowest BCUT2D eigenvalue weighted by atomic mass is 10.2. The number of hydrogen-bond donors (Lipinski definition) is 1. The first-order valence-electron chi connectivity index (χ1n) is 4.69. The van der Waals surface area contributed by atoms with Crippen molar-refractivity contribution >= 4 is 0 Å². The van der Waals surface area contributed by atoms with E-state index >= 15 is 0 Å². The zero-order valence-corrected chi connectivity index (χ0v) is 7.75. The lowest BCUT2D eigenvalue weighted by Gasteiger charge is -2.11. The topological polar surface area (TPSA) is 47.0 Å². The number of aromatic amines is 1. The van der Waals surface area contributed by atoms with E-state index in [0.29, 0.717) is 6.61 Å². The minimum absolute atomic E-state index is 0.00708. The van der Waals surface area contributed by atoms with Crippen molar-refractivity contribution in [3.8, 4) is 0 Å². The summed E-state index contributed by atoms with van der Waals surface area (Å²) in [4.78, 5) is 14.2. The molecule has 1 N–H and O–H groups in total. The predicted molar refractivity (Wildman–Crippen MR) is 48.9 cm³/mol. The van der Waals surface area contributed by atoms with Gasteiger partial charge in [-0.2, -0.15) is 0 Å². The average Bonchev–Trinajstić information content (AvgIpc) is 2.72. The zero-order chi connectivity index (χ0) is 9.26. The fourth-order valence-corrected chi connectivity index (χ4v) is 1.81. The highest BCUT2D eigenvalue weighted by Crippen LogP contribution is 2.18. The Labute approximate surface area is 76.5 Å². The highest BCUT2D eigenvalue weighted by molar-refractivity contribution is 5.00. The fourth-order valence-electron chi connectivity index (χ4n) is 1.81. The fraction of sp³-hybridized carbons (Fsp3) is 0.667. The van der Waals surface area contributed by atoms with Crippen LogP contribution in [0.3, 0.4) is 0 Å². The summed E-state index contributed by atoms with van der Waals surface area (Å²) in [5, 5.41) is 0. The van der Waals surface area contributed by atoms with Crippen molar-refractivity contribution in [2.45, 2.75) is 25.8 Å². The van der Waals surface area contributed by atoms with Gasteiger partial charge in [0.05, 0.1) is 12.6 Å². The minimum atomic E-state index is -0.00708. The average molecular weight is 182 g/mol. The summed E-state index contributed by atoms with van der Waals surface area (Å²) in [5.74, 6) is 0. The number of nitrogens with zero attached hydrogens (tertiary/aromatic N) is 1. The number of ether oxygens (including phenoxy) is 1. The summed E-state index contributed by atoms with van der Waals surface area (Å²) >= 11 is 0. The molecule has 2 heterocycles. The third-order valence-corrected chi connectivity index (χ3v) is 2.52. The molecule has 4 nitrogen and oxygen atoms in total. The smallest absolute Gasteiger partial charge is 0.326 e. The van der Waals surface area contributed by atoms with E-state index in [4.69, 9.17) is 4.74 Å². The van der Waals surface area contributed by atoms with Crippen LogP contribution in [0, 0.1) is 0 Å². The van der Waals surface area contributed by atoms with Crippen molar-refractivity contribution in [1.82, 2.24) is 9.55 Å². The van der Waals surface area contributed by atoms with Gasteiger partial charge >= 0.3 is 5.69 Å². The van der Waals surface area contributed by atoms with E-state index in [2.05, 4.69) is 11.9 Å². The molecule has 4 heteroatoms. The van der Waals surface area contributed by atoms with Crippen LogP contribution >= 0.6 is 0 Å². The van der Waals surface area contributed by atoms with E-state index in [1.807, 2.05) is 4.57 Å². The number of hydrogen-bond acceptors (Lipinski definition) is 2. The van der Waals surface area contributed by atoms with Crippen LogP contribution in [0.5, 0.6) is 0 Å². The standard InChI is InChI=1S/C9H14N2O2/c1-2-7-5-10-9(12)11(7)8-3-4-13-6-8/h5,8H,2-4,6H2,1H3,(H,10,12). The molecule has 1 aromatic heterocycles. The van der Waals surface area contributed by atoms with Gasteiger partial charge in [-0.25, -0.2) is 4.79 Å². The maximum atomic E-state index is 11.4. The van der Waals surface area contributed by atoms with Crippen molar-refractivity contribution in [3.63, 3.8) is 0 Å². The molecular formula is C9H14N2O2. The Bertz CT molecular complexity index is 334. The van der Waals surface area contributed by atoms with Gasteiger partial charge in [-0.05, 0) is 12.8 Å². The summed E-state index contributed by atoms with van der Waals surface area (Å²) in [6, 6.07) is 0.244.